The molecule has 0 amide bonds. The maximum absolute atomic E-state index is 12.6. The molecule has 2 aromatic rings. The Labute approximate surface area is 99.2 Å². The van der Waals surface area contributed by atoms with Crippen LogP contribution in [0.25, 0.3) is 0 Å². The third-order valence-corrected chi connectivity index (χ3v) is 2.39. The standard InChI is InChI=1S/C10H6ClF3N2O/c11-8-6(10(12,13)14)2-1-3-7(8)16-9-15-4-5-17-9/h1-5H,(H,15,16). The van der Waals surface area contributed by atoms with Crippen molar-refractivity contribution in [2.75, 3.05) is 5.32 Å². The molecule has 90 valence electrons. The summed E-state index contributed by atoms with van der Waals surface area (Å²) in [5.41, 5.74) is -0.820. The van der Waals surface area contributed by atoms with E-state index in [9.17, 15) is 13.2 Å². The third kappa shape index (κ3) is 2.52. The van der Waals surface area contributed by atoms with E-state index in [4.69, 9.17) is 16.0 Å². The van der Waals surface area contributed by atoms with Gasteiger partial charge in [-0.1, -0.05) is 17.7 Å². The number of aromatic nitrogens is 1. The summed E-state index contributed by atoms with van der Waals surface area (Å²) in [4.78, 5) is 3.73. The molecule has 0 aliphatic carbocycles. The Morgan fingerprint density at radius 1 is 1.29 bits per heavy atom. The molecule has 2 rings (SSSR count). The fraction of sp³-hybridized carbons (Fsp3) is 0.100. The second-order valence-corrected chi connectivity index (χ2v) is 3.51. The van der Waals surface area contributed by atoms with E-state index in [1.807, 2.05) is 0 Å². The Balaban J connectivity index is 2.36. The summed E-state index contributed by atoms with van der Waals surface area (Å²) in [6.45, 7) is 0. The number of oxazole rings is 1. The minimum Gasteiger partial charge on any atom is -0.432 e. The summed E-state index contributed by atoms with van der Waals surface area (Å²) in [5, 5.41) is 2.14. The maximum atomic E-state index is 12.6. The van der Waals surface area contributed by atoms with Gasteiger partial charge >= 0.3 is 6.18 Å². The molecule has 0 atom stereocenters. The van der Waals surface area contributed by atoms with E-state index in [1.54, 1.807) is 0 Å². The average Bonchev–Trinajstić information content (AvgIpc) is 2.72. The zero-order chi connectivity index (χ0) is 12.5. The highest BCUT2D eigenvalue weighted by Gasteiger charge is 2.33. The van der Waals surface area contributed by atoms with Crippen molar-refractivity contribution in [3.05, 3.63) is 41.2 Å². The van der Waals surface area contributed by atoms with Gasteiger partial charge < -0.3 is 9.73 Å². The van der Waals surface area contributed by atoms with Crippen LogP contribution >= 0.6 is 11.6 Å². The van der Waals surface area contributed by atoms with Crippen molar-refractivity contribution in [3.8, 4) is 0 Å². The molecule has 7 heteroatoms. The summed E-state index contributed by atoms with van der Waals surface area (Å²) in [7, 11) is 0. The quantitative estimate of drug-likeness (QED) is 0.886. The molecule has 0 spiro atoms. The molecule has 17 heavy (non-hydrogen) atoms. The molecule has 0 aliphatic rings. The molecular weight excluding hydrogens is 257 g/mol. The smallest absolute Gasteiger partial charge is 0.417 e. The first-order valence-corrected chi connectivity index (χ1v) is 4.88. The monoisotopic (exact) mass is 262 g/mol. The van der Waals surface area contributed by atoms with E-state index in [0.717, 1.165) is 6.07 Å². The molecule has 1 N–H and O–H groups in total. The summed E-state index contributed by atoms with van der Waals surface area (Å²) in [6, 6.07) is 3.64. The summed E-state index contributed by atoms with van der Waals surface area (Å²) in [5.74, 6) is 0. The van der Waals surface area contributed by atoms with Gasteiger partial charge in [-0.3, -0.25) is 0 Å². The molecule has 1 aromatic carbocycles. The van der Waals surface area contributed by atoms with E-state index in [0.29, 0.717) is 0 Å². The largest absolute Gasteiger partial charge is 0.432 e. The predicted molar refractivity (Wildman–Crippen MR) is 56.2 cm³/mol. The molecule has 0 saturated carbocycles. The van der Waals surface area contributed by atoms with Crippen molar-refractivity contribution in [2.24, 2.45) is 0 Å². The molecule has 0 saturated heterocycles. The number of halogens is 4. The zero-order valence-electron chi connectivity index (χ0n) is 8.25. The predicted octanol–water partition coefficient (Wildman–Crippen LogP) is 4.09. The SMILES string of the molecule is FC(F)(F)c1cccc(Nc2ncco2)c1Cl. The van der Waals surface area contributed by atoms with Crippen LogP contribution in [-0.4, -0.2) is 4.98 Å². The van der Waals surface area contributed by atoms with E-state index < -0.39 is 16.8 Å². The fourth-order valence-corrected chi connectivity index (χ4v) is 1.53. The van der Waals surface area contributed by atoms with Crippen LogP contribution in [0.5, 0.6) is 0 Å². The second kappa shape index (κ2) is 4.29. The number of alkyl halides is 3. The summed E-state index contributed by atoms with van der Waals surface area (Å²) in [6.07, 6.45) is -1.83. The highest BCUT2D eigenvalue weighted by atomic mass is 35.5. The van der Waals surface area contributed by atoms with Crippen LogP contribution in [0.15, 0.2) is 35.1 Å². The summed E-state index contributed by atoms with van der Waals surface area (Å²) < 4.78 is 42.5. The Morgan fingerprint density at radius 2 is 2.06 bits per heavy atom. The number of hydrogen-bond donors (Lipinski definition) is 1. The van der Waals surface area contributed by atoms with Gasteiger partial charge in [0.2, 0.25) is 0 Å². The molecule has 1 heterocycles. The number of hydrogen-bond acceptors (Lipinski definition) is 3. The third-order valence-electron chi connectivity index (χ3n) is 1.98. The van der Waals surface area contributed by atoms with E-state index in [2.05, 4.69) is 10.3 Å². The lowest BCUT2D eigenvalue weighted by Crippen LogP contribution is -2.07. The molecule has 0 aliphatic heterocycles. The minimum absolute atomic E-state index is 0.0752. The van der Waals surface area contributed by atoms with Gasteiger partial charge in [-0.2, -0.15) is 13.2 Å². The van der Waals surface area contributed by atoms with Crippen LogP contribution in [0.2, 0.25) is 5.02 Å². The van der Waals surface area contributed by atoms with Crippen LogP contribution in [0.4, 0.5) is 24.9 Å². The van der Waals surface area contributed by atoms with Gasteiger partial charge in [-0.15, -0.1) is 0 Å². The van der Waals surface area contributed by atoms with Crippen molar-refractivity contribution in [3.63, 3.8) is 0 Å². The first-order valence-electron chi connectivity index (χ1n) is 4.50. The Kier molecular flexibility index (Phi) is 2.97. The number of benzene rings is 1. The van der Waals surface area contributed by atoms with Gasteiger partial charge in [-0.25, -0.2) is 4.98 Å². The van der Waals surface area contributed by atoms with E-state index >= 15 is 0 Å². The van der Waals surface area contributed by atoms with Gasteiger partial charge in [0.05, 0.1) is 22.5 Å². The normalized spacial score (nSPS) is 11.5. The van der Waals surface area contributed by atoms with Crippen LogP contribution in [0.1, 0.15) is 5.56 Å². The van der Waals surface area contributed by atoms with Crippen LogP contribution in [0, 0.1) is 0 Å². The first-order chi connectivity index (χ1) is 7.98. The van der Waals surface area contributed by atoms with Crippen molar-refractivity contribution in [1.29, 1.82) is 0 Å². The highest BCUT2D eigenvalue weighted by Crippen LogP contribution is 2.38. The van der Waals surface area contributed by atoms with E-state index in [1.165, 1.54) is 24.6 Å². The fourth-order valence-electron chi connectivity index (χ4n) is 1.25. The van der Waals surface area contributed by atoms with Gasteiger partial charge in [0.1, 0.15) is 6.26 Å². The van der Waals surface area contributed by atoms with Gasteiger partial charge in [0.25, 0.3) is 6.01 Å². The molecule has 1 aromatic heterocycles. The highest BCUT2D eigenvalue weighted by molar-refractivity contribution is 6.34. The molecule has 0 fully saturated rings. The molecule has 3 nitrogen and oxygen atoms in total. The Hall–Kier alpha value is -1.69. The number of rotatable bonds is 2. The van der Waals surface area contributed by atoms with Crippen molar-refractivity contribution in [1.82, 2.24) is 4.98 Å². The van der Waals surface area contributed by atoms with Crippen molar-refractivity contribution < 1.29 is 17.6 Å². The van der Waals surface area contributed by atoms with E-state index in [-0.39, 0.29) is 11.7 Å². The van der Waals surface area contributed by atoms with Crippen molar-refractivity contribution >= 4 is 23.3 Å². The molecule has 0 unspecified atom stereocenters. The topological polar surface area (TPSA) is 38.1 Å². The number of nitrogens with one attached hydrogen (secondary N) is 1. The average molecular weight is 263 g/mol. The summed E-state index contributed by atoms with van der Waals surface area (Å²) >= 11 is 5.66. The van der Waals surface area contributed by atoms with Crippen LogP contribution in [-0.2, 0) is 6.18 Å². The number of anilines is 2. The van der Waals surface area contributed by atoms with Gasteiger partial charge in [-0.05, 0) is 12.1 Å². The van der Waals surface area contributed by atoms with Gasteiger partial charge in [0, 0.05) is 0 Å². The maximum Gasteiger partial charge on any atom is 0.417 e. The molecule has 0 bridgehead atoms. The Bertz CT molecular complexity index is 511. The molecular formula is C10H6ClF3N2O. The van der Waals surface area contributed by atoms with Crippen LogP contribution in [0.3, 0.4) is 0 Å². The van der Waals surface area contributed by atoms with Gasteiger partial charge in [0.15, 0.2) is 0 Å². The van der Waals surface area contributed by atoms with Crippen LogP contribution < -0.4 is 5.32 Å². The Morgan fingerprint density at radius 3 is 2.65 bits per heavy atom. The first kappa shape index (κ1) is 11.8. The van der Waals surface area contributed by atoms with Crippen molar-refractivity contribution in [2.45, 2.75) is 6.18 Å². The zero-order valence-corrected chi connectivity index (χ0v) is 9.01. The lowest BCUT2D eigenvalue weighted by atomic mass is 10.2. The second-order valence-electron chi connectivity index (χ2n) is 3.13. The minimum atomic E-state index is -4.49. The number of nitrogens with zero attached hydrogens (tertiary/aromatic N) is 1. The lowest BCUT2D eigenvalue weighted by Gasteiger charge is -2.12. The molecule has 0 radical (unpaired) electrons. The lowest BCUT2D eigenvalue weighted by molar-refractivity contribution is -0.137.